The molecule has 0 spiro atoms. The lowest BCUT2D eigenvalue weighted by Gasteiger charge is -2.41. The van der Waals surface area contributed by atoms with Crippen molar-refractivity contribution < 1.29 is 23.0 Å². The molecule has 1 atom stereocenters. The number of rotatable bonds is 5. The van der Waals surface area contributed by atoms with E-state index in [-0.39, 0.29) is 0 Å². The molecule has 4 rings (SSSR count). The molecule has 2 aliphatic heterocycles. The lowest BCUT2D eigenvalue weighted by Crippen LogP contribution is -2.55. The van der Waals surface area contributed by atoms with Gasteiger partial charge < -0.3 is 14.7 Å². The molecule has 2 aliphatic rings. The summed E-state index contributed by atoms with van der Waals surface area (Å²) in [6, 6.07) is 10.7. The molecule has 3 nitrogen and oxygen atoms in total. The van der Waals surface area contributed by atoms with Gasteiger partial charge in [0.25, 0.3) is 0 Å². The summed E-state index contributed by atoms with van der Waals surface area (Å²) in [4.78, 5) is 1.49. The van der Waals surface area contributed by atoms with Crippen LogP contribution in [0.4, 0.5) is 18.9 Å². The van der Waals surface area contributed by atoms with Gasteiger partial charge in [-0.2, -0.15) is 13.2 Å². The third kappa shape index (κ3) is 4.15. The predicted octanol–water partition coefficient (Wildman–Crippen LogP) is 5.81. The molecule has 0 fully saturated rings. The van der Waals surface area contributed by atoms with E-state index in [0.717, 1.165) is 11.1 Å². The van der Waals surface area contributed by atoms with Crippen LogP contribution in [0, 0.1) is 0 Å². The summed E-state index contributed by atoms with van der Waals surface area (Å²) in [6.45, 7) is 3.25. The molecule has 0 aliphatic carbocycles. The third-order valence-corrected chi connectivity index (χ3v) is 6.31. The van der Waals surface area contributed by atoms with Crippen LogP contribution >= 0.6 is 11.6 Å². The number of halogens is 4. The van der Waals surface area contributed by atoms with E-state index in [1.165, 1.54) is 4.90 Å². The number of allylic oxidation sites excluding steroid dienone is 1. The monoisotopic (exact) mass is 451 g/mol. The number of hydrogen-bond donors (Lipinski definition) is 1. The first-order valence-corrected chi connectivity index (χ1v) is 10.6. The van der Waals surface area contributed by atoms with Crippen molar-refractivity contribution in [2.75, 3.05) is 18.1 Å². The van der Waals surface area contributed by atoms with Gasteiger partial charge in [-0.05, 0) is 47.6 Å². The zero-order chi connectivity index (χ0) is 22.4. The van der Waals surface area contributed by atoms with E-state index in [0.29, 0.717) is 41.5 Å². The summed E-state index contributed by atoms with van der Waals surface area (Å²) in [5.41, 5.74) is -0.905. The van der Waals surface area contributed by atoms with Crippen molar-refractivity contribution >= 4 is 17.3 Å². The van der Waals surface area contributed by atoms with Gasteiger partial charge in [-0.15, -0.1) is 0 Å². The number of benzene rings is 2. The van der Waals surface area contributed by atoms with Crippen LogP contribution in [0.1, 0.15) is 37.0 Å². The van der Waals surface area contributed by atoms with E-state index in [2.05, 4.69) is 0 Å². The average molecular weight is 452 g/mol. The highest BCUT2D eigenvalue weighted by Gasteiger charge is 2.57. The van der Waals surface area contributed by atoms with Gasteiger partial charge in [0.1, 0.15) is 5.75 Å². The van der Waals surface area contributed by atoms with Crippen LogP contribution in [-0.4, -0.2) is 30.0 Å². The molecule has 0 bridgehead atoms. The van der Waals surface area contributed by atoms with Gasteiger partial charge in [0.05, 0.1) is 13.2 Å². The summed E-state index contributed by atoms with van der Waals surface area (Å²) in [5, 5.41) is 11.5. The lowest BCUT2D eigenvalue weighted by atomic mass is 9.73. The summed E-state index contributed by atoms with van der Waals surface area (Å²) < 4.78 is 48.6. The first-order valence-electron chi connectivity index (χ1n) is 10.3. The molecule has 0 saturated heterocycles. The minimum absolute atomic E-state index is 0.454. The maximum Gasteiger partial charge on any atom is 0.418 e. The number of β-amino-alcohol motifs (C(OH)–C–C–N with tert-alkyl or cyclic N) is 1. The van der Waals surface area contributed by atoms with Gasteiger partial charge in [0.2, 0.25) is 0 Å². The molecule has 0 aromatic heterocycles. The normalized spacial score (nSPS) is 17.7. The summed E-state index contributed by atoms with van der Waals surface area (Å²) in [5.74, 6) is 0.585. The summed E-state index contributed by atoms with van der Waals surface area (Å²) in [7, 11) is 0. The quantitative estimate of drug-likeness (QED) is 0.622. The van der Waals surface area contributed by atoms with Crippen LogP contribution in [-0.2, 0) is 18.3 Å². The summed E-state index contributed by atoms with van der Waals surface area (Å²) in [6.07, 6.45) is -0.625. The van der Waals surface area contributed by atoms with E-state index in [4.69, 9.17) is 16.3 Å². The van der Waals surface area contributed by atoms with Crippen LogP contribution in [0.3, 0.4) is 0 Å². The highest BCUT2D eigenvalue weighted by atomic mass is 35.5. The second kappa shape index (κ2) is 7.75. The molecule has 2 heterocycles. The Balaban J connectivity index is 1.69. The fourth-order valence-corrected chi connectivity index (χ4v) is 4.86. The molecule has 1 unspecified atom stereocenters. The maximum atomic E-state index is 14.3. The average Bonchev–Trinajstić information content (AvgIpc) is 3.14. The highest BCUT2D eigenvalue weighted by Crippen LogP contribution is 2.47. The van der Waals surface area contributed by atoms with Gasteiger partial charge in [-0.25, -0.2) is 0 Å². The Bertz CT molecular complexity index is 1020. The number of anilines is 1. The van der Waals surface area contributed by atoms with E-state index in [1.54, 1.807) is 44.3 Å². The van der Waals surface area contributed by atoms with E-state index in [9.17, 15) is 18.3 Å². The predicted molar refractivity (Wildman–Crippen MR) is 116 cm³/mol. The fraction of sp³-hybridized carbons (Fsp3) is 0.417. The Hall–Kier alpha value is -2.18. The Morgan fingerprint density at radius 2 is 1.87 bits per heavy atom. The molecule has 7 heteroatoms. The van der Waals surface area contributed by atoms with Gasteiger partial charge in [-0.1, -0.05) is 49.7 Å². The zero-order valence-corrected chi connectivity index (χ0v) is 18.2. The van der Waals surface area contributed by atoms with Crippen molar-refractivity contribution in [1.82, 2.24) is 0 Å². The Morgan fingerprint density at radius 3 is 2.61 bits per heavy atom. The lowest BCUT2D eigenvalue weighted by molar-refractivity contribution is -0.262. The molecular formula is C24H25ClF3NO2. The molecule has 2 aromatic carbocycles. The van der Waals surface area contributed by atoms with Crippen LogP contribution in [0.2, 0.25) is 5.02 Å². The Kier molecular flexibility index (Phi) is 5.51. The fourth-order valence-electron chi connectivity index (χ4n) is 4.61. The van der Waals surface area contributed by atoms with Crippen LogP contribution < -0.4 is 9.64 Å². The molecule has 2 aromatic rings. The highest BCUT2D eigenvalue weighted by molar-refractivity contribution is 6.30. The minimum atomic E-state index is -4.83. The van der Waals surface area contributed by atoms with Crippen molar-refractivity contribution in [2.45, 2.75) is 50.3 Å². The number of alkyl halides is 3. The van der Waals surface area contributed by atoms with Gasteiger partial charge >= 0.3 is 6.18 Å². The zero-order valence-electron chi connectivity index (χ0n) is 17.5. The number of fused-ring (bicyclic) bond motifs is 2. The van der Waals surface area contributed by atoms with E-state index >= 15 is 0 Å². The topological polar surface area (TPSA) is 32.7 Å². The SMILES string of the molecule is CC(C)(CC(O)(CN1C=CCc2ccccc21)C(F)(F)F)c1cc(Cl)cc2c1OCC2. The van der Waals surface area contributed by atoms with Gasteiger partial charge in [0, 0.05) is 28.9 Å². The number of hydrogen-bond acceptors (Lipinski definition) is 3. The van der Waals surface area contributed by atoms with Crippen molar-refractivity contribution in [1.29, 1.82) is 0 Å². The third-order valence-electron chi connectivity index (χ3n) is 6.10. The maximum absolute atomic E-state index is 14.3. The molecule has 0 amide bonds. The number of para-hydroxylation sites is 1. The van der Waals surface area contributed by atoms with E-state index in [1.807, 2.05) is 18.2 Å². The number of nitrogens with zero attached hydrogens (tertiary/aromatic N) is 1. The van der Waals surface area contributed by atoms with Crippen molar-refractivity contribution in [3.8, 4) is 5.75 Å². The molecular weight excluding hydrogens is 427 g/mol. The van der Waals surface area contributed by atoms with Crippen LogP contribution in [0.25, 0.3) is 0 Å². The Labute approximate surface area is 185 Å². The second-order valence-corrected chi connectivity index (χ2v) is 9.41. The van der Waals surface area contributed by atoms with Crippen molar-refractivity contribution in [3.05, 3.63) is 70.4 Å². The smallest absolute Gasteiger partial charge is 0.418 e. The van der Waals surface area contributed by atoms with Gasteiger partial charge in [0.15, 0.2) is 5.60 Å². The molecule has 31 heavy (non-hydrogen) atoms. The second-order valence-electron chi connectivity index (χ2n) is 8.98. The van der Waals surface area contributed by atoms with Crippen LogP contribution in [0.15, 0.2) is 48.7 Å². The standard InChI is InChI=1S/C24H25ClF3NO2/c1-22(2,19-13-18(25)12-17-9-11-31-21(17)19)14-23(30,24(26,27)28)15-29-10-5-7-16-6-3-4-8-20(16)29/h3-6,8,10,12-13,30H,7,9,11,14-15H2,1-2H3. The molecule has 0 saturated carbocycles. The number of ether oxygens (including phenoxy) is 1. The van der Waals surface area contributed by atoms with E-state index < -0.39 is 30.2 Å². The van der Waals surface area contributed by atoms with Gasteiger partial charge in [-0.3, -0.25) is 0 Å². The van der Waals surface area contributed by atoms with Crippen molar-refractivity contribution in [2.24, 2.45) is 0 Å². The molecule has 1 N–H and O–H groups in total. The first-order chi connectivity index (χ1) is 14.5. The Morgan fingerprint density at radius 1 is 1.13 bits per heavy atom. The molecule has 0 radical (unpaired) electrons. The summed E-state index contributed by atoms with van der Waals surface area (Å²) >= 11 is 6.25. The minimum Gasteiger partial charge on any atom is -0.493 e. The van der Waals surface area contributed by atoms with Crippen LogP contribution in [0.5, 0.6) is 5.75 Å². The number of aliphatic hydroxyl groups is 1. The largest absolute Gasteiger partial charge is 0.493 e. The first kappa shape index (κ1) is 22.0. The molecule has 166 valence electrons. The van der Waals surface area contributed by atoms with Crippen molar-refractivity contribution in [3.63, 3.8) is 0 Å².